The summed E-state index contributed by atoms with van der Waals surface area (Å²) in [7, 11) is 0. The highest BCUT2D eigenvalue weighted by Gasteiger charge is 2.22. The van der Waals surface area contributed by atoms with E-state index in [4.69, 9.17) is 0 Å². The lowest BCUT2D eigenvalue weighted by Crippen LogP contribution is -2.12. The van der Waals surface area contributed by atoms with Gasteiger partial charge >= 0.3 is 0 Å². The molecule has 0 fully saturated rings. The molecule has 0 aliphatic heterocycles. The highest BCUT2D eigenvalue weighted by atomic mass is 19.1. The Morgan fingerprint density at radius 2 is 1.33 bits per heavy atom. The molecule has 0 spiro atoms. The Bertz CT molecular complexity index is 424. The second kappa shape index (κ2) is 8.56. The Balaban J connectivity index is 3.09. The minimum Gasteiger partial charge on any atom is -0.207 e. The molecule has 0 saturated heterocycles. The quantitative estimate of drug-likeness (QED) is 0.488. The van der Waals surface area contributed by atoms with E-state index in [1.165, 1.54) is 5.56 Å². The summed E-state index contributed by atoms with van der Waals surface area (Å²) < 4.78 is 14.6. The average molecular weight is 292 g/mol. The van der Waals surface area contributed by atoms with Crippen molar-refractivity contribution in [3.8, 4) is 0 Å². The van der Waals surface area contributed by atoms with Crippen molar-refractivity contribution >= 4 is 0 Å². The maximum Gasteiger partial charge on any atom is 0.126 e. The fraction of sp³-hybridized carbons (Fsp3) is 0.700. The van der Waals surface area contributed by atoms with E-state index >= 15 is 0 Å². The van der Waals surface area contributed by atoms with Crippen molar-refractivity contribution in [2.24, 2.45) is 11.8 Å². The van der Waals surface area contributed by atoms with Crippen LogP contribution in [0.25, 0.3) is 0 Å². The van der Waals surface area contributed by atoms with Crippen molar-refractivity contribution in [3.63, 3.8) is 0 Å². The van der Waals surface area contributed by atoms with Gasteiger partial charge in [0.1, 0.15) is 5.82 Å². The molecular formula is C20H33F. The van der Waals surface area contributed by atoms with Crippen molar-refractivity contribution in [2.45, 2.75) is 79.1 Å². The smallest absolute Gasteiger partial charge is 0.126 e. The van der Waals surface area contributed by atoms with E-state index in [9.17, 15) is 4.39 Å². The van der Waals surface area contributed by atoms with E-state index < -0.39 is 0 Å². The summed E-state index contributed by atoms with van der Waals surface area (Å²) in [6.45, 7) is 13.3. The van der Waals surface area contributed by atoms with Gasteiger partial charge in [0.05, 0.1) is 0 Å². The molecule has 0 nitrogen and oxygen atoms in total. The van der Waals surface area contributed by atoms with Gasteiger partial charge in [-0.3, -0.25) is 0 Å². The van der Waals surface area contributed by atoms with Crippen LogP contribution < -0.4 is 0 Å². The van der Waals surface area contributed by atoms with Crippen LogP contribution in [-0.4, -0.2) is 0 Å². The van der Waals surface area contributed by atoms with Gasteiger partial charge in [-0.05, 0) is 53.7 Å². The van der Waals surface area contributed by atoms with Gasteiger partial charge in [0.2, 0.25) is 0 Å². The molecule has 4 atom stereocenters. The summed E-state index contributed by atoms with van der Waals surface area (Å²) in [5.41, 5.74) is 2.08. The molecule has 0 aliphatic rings. The van der Waals surface area contributed by atoms with Gasteiger partial charge in [-0.15, -0.1) is 0 Å². The third kappa shape index (κ3) is 4.31. The Kier molecular flexibility index (Phi) is 7.42. The predicted molar refractivity (Wildman–Crippen MR) is 91.4 cm³/mol. The minimum atomic E-state index is 0.00130. The first kappa shape index (κ1) is 18.2. The minimum absolute atomic E-state index is 0.00130. The van der Waals surface area contributed by atoms with Crippen molar-refractivity contribution in [1.29, 1.82) is 0 Å². The lowest BCUT2D eigenvalue weighted by molar-refractivity contribution is 0.414. The molecule has 0 aromatic heterocycles. The molecule has 0 saturated carbocycles. The highest BCUT2D eigenvalue weighted by molar-refractivity contribution is 5.30. The highest BCUT2D eigenvalue weighted by Crippen LogP contribution is 2.35. The van der Waals surface area contributed by atoms with Gasteiger partial charge in [0.15, 0.2) is 0 Å². The van der Waals surface area contributed by atoms with E-state index in [2.05, 4.69) is 53.7 Å². The molecule has 1 rings (SSSR count). The third-order valence-electron chi connectivity index (χ3n) is 5.39. The van der Waals surface area contributed by atoms with Crippen LogP contribution >= 0.6 is 0 Å². The van der Waals surface area contributed by atoms with E-state index in [1.54, 1.807) is 6.07 Å². The van der Waals surface area contributed by atoms with Gasteiger partial charge in [-0.25, -0.2) is 4.39 Å². The largest absolute Gasteiger partial charge is 0.207 e. The number of benzene rings is 1. The lowest BCUT2D eigenvalue weighted by atomic mass is 9.80. The van der Waals surface area contributed by atoms with E-state index in [1.807, 2.05) is 0 Å². The Hall–Kier alpha value is -0.850. The maximum absolute atomic E-state index is 14.6. The molecule has 0 N–H and O–H groups in total. The van der Waals surface area contributed by atoms with Crippen LogP contribution in [0, 0.1) is 17.7 Å². The molecule has 0 radical (unpaired) electrons. The van der Waals surface area contributed by atoms with Gasteiger partial charge in [-0.1, -0.05) is 66.5 Å². The molecule has 0 bridgehead atoms. The van der Waals surface area contributed by atoms with E-state index in [0.717, 1.165) is 31.2 Å². The molecule has 4 unspecified atom stereocenters. The van der Waals surface area contributed by atoms with Crippen molar-refractivity contribution in [1.82, 2.24) is 0 Å². The van der Waals surface area contributed by atoms with Crippen molar-refractivity contribution < 1.29 is 4.39 Å². The summed E-state index contributed by atoms with van der Waals surface area (Å²) in [5, 5.41) is 0. The number of halogens is 1. The van der Waals surface area contributed by atoms with Crippen LogP contribution in [0.3, 0.4) is 0 Å². The Labute approximate surface area is 131 Å². The molecule has 1 aromatic carbocycles. The molecule has 0 aliphatic carbocycles. The van der Waals surface area contributed by atoms with Gasteiger partial charge < -0.3 is 0 Å². The van der Waals surface area contributed by atoms with E-state index in [-0.39, 0.29) is 5.82 Å². The van der Waals surface area contributed by atoms with Crippen LogP contribution in [0.1, 0.15) is 90.2 Å². The van der Waals surface area contributed by atoms with Crippen LogP contribution in [0.2, 0.25) is 0 Å². The Morgan fingerprint density at radius 1 is 0.810 bits per heavy atom. The first-order chi connectivity index (χ1) is 9.99. The summed E-state index contributed by atoms with van der Waals surface area (Å²) in [6, 6.07) is 6.03. The van der Waals surface area contributed by atoms with Crippen LogP contribution in [0.5, 0.6) is 0 Å². The van der Waals surface area contributed by atoms with Gasteiger partial charge in [0.25, 0.3) is 0 Å². The van der Waals surface area contributed by atoms with Gasteiger partial charge in [0, 0.05) is 0 Å². The zero-order chi connectivity index (χ0) is 16.0. The molecular weight excluding hydrogens is 259 g/mol. The zero-order valence-electron chi connectivity index (χ0n) is 14.7. The monoisotopic (exact) mass is 292 g/mol. The summed E-state index contributed by atoms with van der Waals surface area (Å²) in [5.74, 6) is 1.96. The van der Waals surface area contributed by atoms with Crippen LogP contribution in [-0.2, 0) is 0 Å². The molecule has 21 heavy (non-hydrogen) atoms. The lowest BCUT2D eigenvalue weighted by Gasteiger charge is -2.25. The molecule has 0 amide bonds. The fourth-order valence-corrected chi connectivity index (χ4v) is 3.54. The number of rotatable bonds is 8. The second-order valence-corrected chi connectivity index (χ2v) is 6.58. The van der Waals surface area contributed by atoms with Crippen LogP contribution in [0.15, 0.2) is 18.2 Å². The van der Waals surface area contributed by atoms with Crippen LogP contribution in [0.4, 0.5) is 4.39 Å². The summed E-state index contributed by atoms with van der Waals surface area (Å²) in [6.07, 6.45) is 4.33. The second-order valence-electron chi connectivity index (χ2n) is 6.58. The topological polar surface area (TPSA) is 0 Å². The first-order valence-corrected chi connectivity index (χ1v) is 8.79. The summed E-state index contributed by atoms with van der Waals surface area (Å²) >= 11 is 0. The molecule has 120 valence electrons. The summed E-state index contributed by atoms with van der Waals surface area (Å²) in [4.78, 5) is 0. The van der Waals surface area contributed by atoms with Gasteiger partial charge in [-0.2, -0.15) is 0 Å². The first-order valence-electron chi connectivity index (χ1n) is 8.79. The Morgan fingerprint density at radius 3 is 1.76 bits per heavy atom. The SMILES string of the molecule is CCC(C)C(CC)c1ccc(C(CC)C(C)CC)c(F)c1. The number of hydrogen-bond acceptors (Lipinski definition) is 0. The number of hydrogen-bond donors (Lipinski definition) is 0. The van der Waals surface area contributed by atoms with Crippen molar-refractivity contribution in [2.75, 3.05) is 0 Å². The normalized spacial score (nSPS) is 17.3. The predicted octanol–water partition coefficient (Wildman–Crippen LogP) is 6.91. The molecule has 1 aromatic rings. The maximum atomic E-state index is 14.6. The average Bonchev–Trinajstić information content (AvgIpc) is 2.50. The fourth-order valence-electron chi connectivity index (χ4n) is 3.54. The zero-order valence-corrected chi connectivity index (χ0v) is 14.7. The molecule has 0 heterocycles. The third-order valence-corrected chi connectivity index (χ3v) is 5.39. The molecule has 1 heteroatoms. The standard InChI is InChI=1S/C20H33F/c1-7-14(5)17(9-3)16-11-12-19(20(21)13-16)18(10-4)15(6)8-2/h11-15,17-18H,7-10H2,1-6H3. The van der Waals surface area contributed by atoms with Crippen molar-refractivity contribution in [3.05, 3.63) is 35.1 Å². The van der Waals surface area contributed by atoms with E-state index in [0.29, 0.717) is 23.7 Å².